The van der Waals surface area contributed by atoms with E-state index in [4.69, 9.17) is 11.6 Å². The van der Waals surface area contributed by atoms with E-state index >= 15 is 0 Å². The Balaban J connectivity index is 1.83. The molecule has 94 valence electrons. The molecule has 1 aliphatic rings. The molecule has 19 heavy (non-hydrogen) atoms. The van der Waals surface area contributed by atoms with Crippen LogP contribution in [0.2, 0.25) is 5.15 Å². The summed E-state index contributed by atoms with van der Waals surface area (Å²) in [6, 6.07) is 10.3. The van der Waals surface area contributed by atoms with Crippen LogP contribution in [0, 0.1) is 0 Å². The molecular formula is C13H10ClN5. The van der Waals surface area contributed by atoms with E-state index in [1.165, 1.54) is 17.5 Å². The molecule has 0 radical (unpaired) electrons. The van der Waals surface area contributed by atoms with Gasteiger partial charge in [-0.15, -0.1) is 0 Å². The zero-order chi connectivity index (χ0) is 12.8. The number of halogens is 1. The molecule has 0 atom stereocenters. The van der Waals surface area contributed by atoms with Gasteiger partial charge < -0.3 is 4.90 Å². The fourth-order valence-electron chi connectivity index (χ4n) is 2.49. The van der Waals surface area contributed by atoms with E-state index in [-0.39, 0.29) is 0 Å². The van der Waals surface area contributed by atoms with Crippen LogP contribution in [0.3, 0.4) is 0 Å². The molecule has 0 spiro atoms. The molecule has 0 saturated heterocycles. The molecule has 0 N–H and O–H groups in total. The highest BCUT2D eigenvalue weighted by Gasteiger charge is 2.21. The van der Waals surface area contributed by atoms with E-state index in [9.17, 15) is 0 Å². The van der Waals surface area contributed by atoms with Crippen LogP contribution < -0.4 is 4.90 Å². The smallest absolute Gasteiger partial charge is 0.255 e. The molecule has 0 saturated carbocycles. The summed E-state index contributed by atoms with van der Waals surface area (Å²) in [5.41, 5.74) is 2.67. The van der Waals surface area contributed by atoms with Gasteiger partial charge in [0.05, 0.1) is 0 Å². The molecule has 0 unspecified atom stereocenters. The maximum absolute atomic E-state index is 6.05. The zero-order valence-electron chi connectivity index (χ0n) is 9.99. The number of fused-ring (bicyclic) bond motifs is 2. The lowest BCUT2D eigenvalue weighted by Gasteiger charge is -2.18. The van der Waals surface area contributed by atoms with Crippen LogP contribution in [0.15, 0.2) is 36.7 Å². The molecule has 5 nitrogen and oxygen atoms in total. The Morgan fingerprint density at radius 3 is 2.58 bits per heavy atom. The number of nitrogens with zero attached hydrogens (tertiary/aromatic N) is 5. The number of anilines is 1. The van der Waals surface area contributed by atoms with Crippen LogP contribution in [0.5, 0.6) is 0 Å². The number of hydrogen-bond acceptors (Lipinski definition) is 4. The van der Waals surface area contributed by atoms with Crippen molar-refractivity contribution < 1.29 is 0 Å². The molecule has 2 aromatic heterocycles. The summed E-state index contributed by atoms with van der Waals surface area (Å²) in [7, 11) is 0. The van der Waals surface area contributed by atoms with Gasteiger partial charge in [0.15, 0.2) is 0 Å². The third-order valence-corrected chi connectivity index (χ3v) is 3.56. The molecular weight excluding hydrogens is 262 g/mol. The summed E-state index contributed by atoms with van der Waals surface area (Å²) in [4.78, 5) is 10.5. The number of hydrogen-bond donors (Lipinski definition) is 0. The first-order valence-electron chi connectivity index (χ1n) is 5.99. The molecule has 0 aliphatic carbocycles. The monoisotopic (exact) mass is 271 g/mol. The minimum Gasteiger partial charge on any atom is -0.348 e. The predicted molar refractivity (Wildman–Crippen MR) is 72.1 cm³/mol. The highest BCUT2D eigenvalue weighted by atomic mass is 35.5. The second-order valence-electron chi connectivity index (χ2n) is 4.53. The van der Waals surface area contributed by atoms with Crippen molar-refractivity contribution in [1.82, 2.24) is 19.6 Å². The van der Waals surface area contributed by atoms with Crippen molar-refractivity contribution in [2.75, 3.05) is 4.90 Å². The molecule has 0 fully saturated rings. The minimum atomic E-state index is 0.437. The minimum absolute atomic E-state index is 0.437. The summed E-state index contributed by atoms with van der Waals surface area (Å²) in [5, 5.41) is 4.65. The van der Waals surface area contributed by atoms with E-state index < -0.39 is 0 Å². The molecule has 6 heteroatoms. The Morgan fingerprint density at radius 1 is 1.11 bits per heavy atom. The van der Waals surface area contributed by atoms with Gasteiger partial charge in [-0.3, -0.25) is 0 Å². The maximum atomic E-state index is 6.05. The molecule has 1 aliphatic heterocycles. The van der Waals surface area contributed by atoms with Crippen LogP contribution in [-0.4, -0.2) is 19.6 Å². The van der Waals surface area contributed by atoms with Crippen LogP contribution in [0.25, 0.3) is 5.78 Å². The maximum Gasteiger partial charge on any atom is 0.255 e. The first-order valence-corrected chi connectivity index (χ1v) is 6.37. The highest BCUT2D eigenvalue weighted by molar-refractivity contribution is 6.29. The van der Waals surface area contributed by atoms with Crippen molar-refractivity contribution in [2.24, 2.45) is 0 Å². The zero-order valence-corrected chi connectivity index (χ0v) is 10.7. The third-order valence-electron chi connectivity index (χ3n) is 3.37. The van der Waals surface area contributed by atoms with Crippen LogP contribution in [0.1, 0.15) is 11.1 Å². The second-order valence-corrected chi connectivity index (χ2v) is 4.92. The van der Waals surface area contributed by atoms with Crippen molar-refractivity contribution >= 4 is 23.2 Å². The van der Waals surface area contributed by atoms with Crippen molar-refractivity contribution in [1.29, 1.82) is 0 Å². The summed E-state index contributed by atoms with van der Waals surface area (Å²) in [6.07, 6.45) is 1.49. The lowest BCUT2D eigenvalue weighted by atomic mass is 10.1. The Kier molecular flexibility index (Phi) is 2.22. The standard InChI is InChI=1S/C13H10ClN5/c14-11-5-12(19-13(17-11)15-8-16-19)18-6-9-3-1-2-4-10(9)7-18/h1-5,8H,6-7H2. The van der Waals surface area contributed by atoms with Crippen molar-refractivity contribution in [2.45, 2.75) is 13.1 Å². The van der Waals surface area contributed by atoms with E-state index in [0.717, 1.165) is 18.9 Å². The topological polar surface area (TPSA) is 46.3 Å². The average molecular weight is 272 g/mol. The normalized spacial score (nSPS) is 14.1. The molecule has 1 aromatic carbocycles. The average Bonchev–Trinajstić information content (AvgIpc) is 3.03. The van der Waals surface area contributed by atoms with Crippen LogP contribution >= 0.6 is 11.6 Å². The lowest BCUT2D eigenvalue weighted by molar-refractivity contribution is 0.803. The third kappa shape index (κ3) is 1.66. The van der Waals surface area contributed by atoms with E-state index in [0.29, 0.717) is 10.9 Å². The largest absolute Gasteiger partial charge is 0.348 e. The molecule has 3 aromatic rings. The molecule has 0 amide bonds. The van der Waals surface area contributed by atoms with Gasteiger partial charge in [0.2, 0.25) is 0 Å². The quantitative estimate of drug-likeness (QED) is 0.637. The fourth-order valence-corrected chi connectivity index (χ4v) is 2.66. The van der Waals surface area contributed by atoms with E-state index in [1.807, 2.05) is 6.07 Å². The van der Waals surface area contributed by atoms with Gasteiger partial charge in [-0.1, -0.05) is 35.9 Å². The van der Waals surface area contributed by atoms with Gasteiger partial charge in [0.1, 0.15) is 17.3 Å². The van der Waals surface area contributed by atoms with E-state index in [1.54, 1.807) is 4.52 Å². The first kappa shape index (κ1) is 10.8. The highest BCUT2D eigenvalue weighted by Crippen LogP contribution is 2.28. The Bertz CT molecular complexity index is 742. The Morgan fingerprint density at radius 2 is 1.84 bits per heavy atom. The first-order chi connectivity index (χ1) is 9.31. The van der Waals surface area contributed by atoms with Crippen molar-refractivity contribution in [3.63, 3.8) is 0 Å². The Hall–Kier alpha value is -2.14. The van der Waals surface area contributed by atoms with Crippen LogP contribution in [-0.2, 0) is 13.1 Å². The summed E-state index contributed by atoms with van der Waals surface area (Å²) in [5.74, 6) is 1.45. The molecule has 4 rings (SSSR count). The second kappa shape index (κ2) is 3.93. The predicted octanol–water partition coefficient (Wildman–Crippen LogP) is 2.30. The van der Waals surface area contributed by atoms with Gasteiger partial charge in [0, 0.05) is 19.2 Å². The lowest BCUT2D eigenvalue weighted by Crippen LogP contribution is -2.18. The van der Waals surface area contributed by atoms with Crippen molar-refractivity contribution in [3.8, 4) is 0 Å². The summed E-state index contributed by atoms with van der Waals surface area (Å²) in [6.45, 7) is 1.71. The fraction of sp³-hybridized carbons (Fsp3) is 0.154. The van der Waals surface area contributed by atoms with Gasteiger partial charge in [0.25, 0.3) is 5.78 Å². The number of benzene rings is 1. The molecule has 0 bridgehead atoms. The van der Waals surface area contributed by atoms with E-state index in [2.05, 4.69) is 44.2 Å². The van der Waals surface area contributed by atoms with Gasteiger partial charge >= 0.3 is 0 Å². The van der Waals surface area contributed by atoms with Gasteiger partial charge in [-0.05, 0) is 11.1 Å². The number of rotatable bonds is 1. The number of aromatic nitrogens is 4. The van der Waals surface area contributed by atoms with Crippen molar-refractivity contribution in [3.05, 3.63) is 52.9 Å². The van der Waals surface area contributed by atoms with Crippen LogP contribution in [0.4, 0.5) is 5.82 Å². The van der Waals surface area contributed by atoms with Gasteiger partial charge in [-0.25, -0.2) is 0 Å². The summed E-state index contributed by atoms with van der Waals surface area (Å²) >= 11 is 6.05. The van der Waals surface area contributed by atoms with Gasteiger partial charge in [-0.2, -0.15) is 19.6 Å². The Labute approximate surface area is 114 Å². The summed E-state index contributed by atoms with van der Waals surface area (Å²) < 4.78 is 1.72. The molecule has 3 heterocycles. The SMILES string of the molecule is Clc1cc(N2Cc3ccccc3C2)n2ncnc2n1.